The van der Waals surface area contributed by atoms with Crippen LogP contribution in [0.4, 0.5) is 18.3 Å². The molecule has 0 aliphatic carbocycles. The second-order valence-corrected chi connectivity index (χ2v) is 6.76. The molecule has 1 aliphatic rings. The number of carbonyl (C=O) groups excluding carboxylic acids is 1. The van der Waals surface area contributed by atoms with E-state index in [1.54, 1.807) is 5.48 Å². The number of halogens is 3. The van der Waals surface area contributed by atoms with Gasteiger partial charge in [0.1, 0.15) is 16.7 Å². The van der Waals surface area contributed by atoms with Crippen LogP contribution in [0.1, 0.15) is 28.1 Å². The number of amides is 1. The van der Waals surface area contributed by atoms with Crippen LogP contribution in [0.25, 0.3) is 0 Å². The molecular formula is C16H16F3N3O3S. The fourth-order valence-electron chi connectivity index (χ4n) is 2.72. The third kappa shape index (κ3) is 4.07. The van der Waals surface area contributed by atoms with Gasteiger partial charge in [0.15, 0.2) is 5.13 Å². The van der Waals surface area contributed by atoms with Crippen molar-refractivity contribution in [3.63, 3.8) is 0 Å². The second kappa shape index (κ2) is 7.50. The van der Waals surface area contributed by atoms with E-state index in [0.29, 0.717) is 31.1 Å². The first-order chi connectivity index (χ1) is 12.4. The number of hydrogen-bond donors (Lipinski definition) is 2. The monoisotopic (exact) mass is 387 g/mol. The van der Waals surface area contributed by atoms with Gasteiger partial charge >= 0.3 is 6.18 Å². The van der Waals surface area contributed by atoms with Crippen molar-refractivity contribution in [1.29, 1.82) is 0 Å². The molecule has 3 rings (SSSR count). The zero-order valence-corrected chi connectivity index (χ0v) is 14.3. The third-order valence-corrected chi connectivity index (χ3v) is 5.07. The topological polar surface area (TPSA) is 74.7 Å². The smallest absolute Gasteiger partial charge is 0.419 e. The highest BCUT2D eigenvalue weighted by molar-refractivity contribution is 7.17. The number of hydrogen-bond acceptors (Lipinski definition) is 6. The number of alkyl halides is 3. The highest BCUT2D eigenvalue weighted by atomic mass is 32.1. The highest BCUT2D eigenvalue weighted by Crippen LogP contribution is 2.37. The highest BCUT2D eigenvalue weighted by Gasteiger charge is 2.35. The van der Waals surface area contributed by atoms with E-state index in [9.17, 15) is 18.0 Å². The lowest BCUT2D eigenvalue weighted by atomic mass is 10.1. The number of para-hydroxylation sites is 1. The maximum Gasteiger partial charge on any atom is 0.419 e. The minimum absolute atomic E-state index is 0.158. The first kappa shape index (κ1) is 18.5. The van der Waals surface area contributed by atoms with E-state index in [0.717, 1.165) is 17.4 Å². The van der Waals surface area contributed by atoms with Gasteiger partial charge in [0.05, 0.1) is 11.8 Å². The summed E-state index contributed by atoms with van der Waals surface area (Å²) in [5.41, 5.74) is 0.774. The third-order valence-electron chi connectivity index (χ3n) is 4.02. The number of benzene rings is 1. The molecule has 1 amide bonds. The van der Waals surface area contributed by atoms with E-state index in [1.807, 2.05) is 4.90 Å². The molecule has 0 radical (unpaired) electrons. The summed E-state index contributed by atoms with van der Waals surface area (Å²) in [7, 11) is 0. The molecule has 1 aromatic carbocycles. The Hall–Kier alpha value is -2.33. The molecule has 0 unspecified atom stereocenters. The van der Waals surface area contributed by atoms with Crippen LogP contribution in [0.15, 0.2) is 30.5 Å². The maximum atomic E-state index is 13.0. The Kier molecular flexibility index (Phi) is 5.33. The molecule has 2 aromatic rings. The standard InChI is InChI=1S/C16H16F3N3O3S/c17-16(18,19)11-3-1-2-4-12(11)25-10-5-7-22(8-6-10)15-20-9-13(26-15)14(23)21-24/h1-4,9-10,24H,5-8H2,(H,21,23). The van der Waals surface area contributed by atoms with Crippen LogP contribution in [0, 0.1) is 0 Å². The Balaban J connectivity index is 1.61. The average molecular weight is 387 g/mol. The predicted octanol–water partition coefficient (Wildman–Crippen LogP) is 3.33. The van der Waals surface area contributed by atoms with Crippen molar-refractivity contribution in [3.8, 4) is 5.75 Å². The van der Waals surface area contributed by atoms with Crippen LogP contribution >= 0.6 is 11.3 Å². The Labute approximate surface area is 151 Å². The van der Waals surface area contributed by atoms with Crippen molar-refractivity contribution in [2.75, 3.05) is 18.0 Å². The van der Waals surface area contributed by atoms with Gasteiger partial charge in [-0.1, -0.05) is 23.5 Å². The lowest BCUT2D eigenvalue weighted by Gasteiger charge is -2.32. The Morgan fingerprint density at radius 2 is 2.00 bits per heavy atom. The van der Waals surface area contributed by atoms with Crippen molar-refractivity contribution in [3.05, 3.63) is 40.9 Å². The van der Waals surface area contributed by atoms with Gasteiger partial charge in [0.2, 0.25) is 0 Å². The van der Waals surface area contributed by atoms with Crippen LogP contribution in [-0.4, -0.2) is 35.3 Å². The molecule has 0 spiro atoms. The molecule has 0 saturated carbocycles. The molecule has 0 atom stereocenters. The first-order valence-corrected chi connectivity index (χ1v) is 8.68. The Morgan fingerprint density at radius 3 is 2.65 bits per heavy atom. The lowest BCUT2D eigenvalue weighted by molar-refractivity contribution is -0.139. The van der Waals surface area contributed by atoms with E-state index in [2.05, 4.69) is 4.98 Å². The summed E-state index contributed by atoms with van der Waals surface area (Å²) in [6.07, 6.45) is -2.34. The molecule has 1 aromatic heterocycles. The Morgan fingerprint density at radius 1 is 1.31 bits per heavy atom. The molecule has 1 fully saturated rings. The molecule has 10 heteroatoms. The molecule has 140 valence electrons. The zero-order valence-electron chi connectivity index (χ0n) is 13.5. The minimum atomic E-state index is -4.46. The van der Waals surface area contributed by atoms with E-state index >= 15 is 0 Å². The van der Waals surface area contributed by atoms with Gasteiger partial charge in [-0.2, -0.15) is 13.2 Å². The minimum Gasteiger partial charge on any atom is -0.490 e. The van der Waals surface area contributed by atoms with Crippen LogP contribution < -0.4 is 15.1 Å². The number of anilines is 1. The fourth-order valence-corrected chi connectivity index (χ4v) is 3.58. The second-order valence-electron chi connectivity index (χ2n) is 5.75. The lowest BCUT2D eigenvalue weighted by Crippen LogP contribution is -2.38. The molecule has 2 N–H and O–H groups in total. The number of carbonyl (C=O) groups is 1. The number of thiazole rings is 1. The summed E-state index contributed by atoms with van der Waals surface area (Å²) >= 11 is 1.14. The molecule has 6 nitrogen and oxygen atoms in total. The van der Waals surface area contributed by atoms with Crippen LogP contribution in [0.3, 0.4) is 0 Å². The largest absolute Gasteiger partial charge is 0.490 e. The number of ether oxygens (including phenoxy) is 1. The van der Waals surface area contributed by atoms with Gasteiger partial charge in [-0.3, -0.25) is 10.0 Å². The molecule has 0 bridgehead atoms. The molecular weight excluding hydrogens is 371 g/mol. The molecule has 1 aliphatic heterocycles. The summed E-state index contributed by atoms with van der Waals surface area (Å²) in [5.74, 6) is -0.787. The van der Waals surface area contributed by atoms with Gasteiger partial charge in [-0.25, -0.2) is 10.5 Å². The van der Waals surface area contributed by atoms with Crippen molar-refractivity contribution >= 4 is 22.4 Å². The van der Waals surface area contributed by atoms with E-state index in [4.69, 9.17) is 9.94 Å². The summed E-state index contributed by atoms with van der Waals surface area (Å²) < 4.78 is 44.7. The van der Waals surface area contributed by atoms with Crippen molar-refractivity contribution in [2.45, 2.75) is 25.1 Å². The fraction of sp³-hybridized carbons (Fsp3) is 0.375. The van der Waals surface area contributed by atoms with Crippen molar-refractivity contribution in [2.24, 2.45) is 0 Å². The van der Waals surface area contributed by atoms with Crippen molar-refractivity contribution in [1.82, 2.24) is 10.5 Å². The van der Waals surface area contributed by atoms with Gasteiger partial charge in [-0.15, -0.1) is 0 Å². The summed E-state index contributed by atoms with van der Waals surface area (Å²) in [5, 5.41) is 9.25. The number of aromatic nitrogens is 1. The molecule has 1 saturated heterocycles. The van der Waals surface area contributed by atoms with E-state index in [-0.39, 0.29) is 16.7 Å². The number of rotatable bonds is 4. The summed E-state index contributed by atoms with van der Waals surface area (Å²) in [6.45, 7) is 1.10. The predicted molar refractivity (Wildman–Crippen MR) is 88.7 cm³/mol. The van der Waals surface area contributed by atoms with Crippen molar-refractivity contribution < 1.29 is 27.9 Å². The SMILES string of the molecule is O=C(NO)c1cnc(N2CCC(Oc3ccccc3C(F)(F)F)CC2)s1. The number of piperidine rings is 1. The first-order valence-electron chi connectivity index (χ1n) is 7.86. The van der Waals surface area contributed by atoms with Crippen LogP contribution in [0.5, 0.6) is 5.75 Å². The number of nitrogens with one attached hydrogen (secondary N) is 1. The summed E-state index contributed by atoms with van der Waals surface area (Å²) in [4.78, 5) is 17.7. The zero-order chi connectivity index (χ0) is 18.7. The number of hydroxylamine groups is 1. The number of nitrogens with zero attached hydrogens (tertiary/aromatic N) is 2. The van der Waals surface area contributed by atoms with E-state index < -0.39 is 17.6 Å². The normalized spacial score (nSPS) is 15.8. The van der Waals surface area contributed by atoms with E-state index in [1.165, 1.54) is 24.4 Å². The summed E-state index contributed by atoms with van der Waals surface area (Å²) in [6, 6.07) is 5.19. The van der Waals surface area contributed by atoms with Gasteiger partial charge < -0.3 is 9.64 Å². The van der Waals surface area contributed by atoms with Gasteiger partial charge in [0.25, 0.3) is 5.91 Å². The quantitative estimate of drug-likeness (QED) is 0.622. The average Bonchev–Trinajstić information content (AvgIpc) is 3.11. The molecule has 2 heterocycles. The van der Waals surface area contributed by atoms with Crippen LogP contribution in [-0.2, 0) is 6.18 Å². The maximum absolute atomic E-state index is 13.0. The molecule has 26 heavy (non-hydrogen) atoms. The van der Waals surface area contributed by atoms with Gasteiger partial charge in [0, 0.05) is 25.9 Å². The Bertz CT molecular complexity index is 773. The van der Waals surface area contributed by atoms with Gasteiger partial charge in [-0.05, 0) is 12.1 Å². The van der Waals surface area contributed by atoms with Crippen LogP contribution in [0.2, 0.25) is 0 Å².